The summed E-state index contributed by atoms with van der Waals surface area (Å²) < 4.78 is 11.2. The van der Waals surface area contributed by atoms with Crippen molar-refractivity contribution in [3.8, 4) is 6.07 Å². The topological polar surface area (TPSA) is 53.8 Å². The van der Waals surface area contributed by atoms with Crippen LogP contribution in [0, 0.1) is 25.2 Å². The molecule has 4 heteroatoms. The lowest BCUT2D eigenvalue weighted by Crippen LogP contribution is -1.88. The number of pyridine rings is 1. The van der Waals surface area contributed by atoms with Gasteiger partial charge in [-0.15, -0.1) is 0 Å². The fourth-order valence-corrected chi connectivity index (χ4v) is 2.50. The Balaban J connectivity index is 2.79. The van der Waals surface area contributed by atoms with Crippen LogP contribution < -0.4 is 0 Å². The summed E-state index contributed by atoms with van der Waals surface area (Å²) in [7, 11) is -1.03. The molecule has 1 aliphatic heterocycles. The summed E-state index contributed by atoms with van der Waals surface area (Å²) in [6, 6.07) is 1.94. The summed E-state index contributed by atoms with van der Waals surface area (Å²) in [6.45, 7) is 3.71. The molecule has 0 bridgehead atoms. The minimum Gasteiger partial charge on any atom is -0.249 e. The van der Waals surface area contributed by atoms with E-state index in [9.17, 15) is 4.21 Å². The molecule has 1 aliphatic rings. The molecular formula is C8H6N2OS. The van der Waals surface area contributed by atoms with Gasteiger partial charge in [0.25, 0.3) is 0 Å². The molecule has 0 spiro atoms. The second-order valence-electron chi connectivity index (χ2n) is 2.71. The number of fused-ring (bicyclic) bond motifs is 1. The van der Waals surface area contributed by atoms with Crippen LogP contribution in [0.2, 0.25) is 0 Å². The van der Waals surface area contributed by atoms with Crippen LogP contribution >= 0.6 is 0 Å². The summed E-state index contributed by atoms with van der Waals surface area (Å²) in [4.78, 5) is 5.50. The van der Waals surface area contributed by atoms with Gasteiger partial charge in [0, 0.05) is 5.69 Å². The minimum atomic E-state index is -1.03. The molecule has 0 amide bonds. The maximum atomic E-state index is 11.2. The molecule has 2 heterocycles. The summed E-state index contributed by atoms with van der Waals surface area (Å²) in [5.41, 5.74) is 2.09. The molecule has 1 aromatic rings. The van der Waals surface area contributed by atoms with Crippen LogP contribution in [0.1, 0.15) is 17.0 Å². The van der Waals surface area contributed by atoms with E-state index in [0.29, 0.717) is 10.6 Å². The molecule has 0 saturated carbocycles. The van der Waals surface area contributed by atoms with Crippen molar-refractivity contribution < 1.29 is 4.21 Å². The van der Waals surface area contributed by atoms with Crippen LogP contribution in [0.5, 0.6) is 0 Å². The van der Waals surface area contributed by atoms with Crippen LogP contribution in [0.4, 0.5) is 0 Å². The Morgan fingerprint density at radius 2 is 2.08 bits per heavy atom. The molecule has 0 fully saturated rings. The molecule has 2 rings (SSSR count). The number of aromatic nitrogens is 1. The van der Waals surface area contributed by atoms with E-state index in [1.807, 2.05) is 19.9 Å². The highest BCUT2D eigenvalue weighted by Crippen LogP contribution is 2.41. The summed E-state index contributed by atoms with van der Waals surface area (Å²) in [5.74, 6) is 0. The first-order chi connectivity index (χ1) is 5.66. The Kier molecular flexibility index (Phi) is 1.33. The monoisotopic (exact) mass is 178 g/mol. The molecular weight excluding hydrogens is 172 g/mol. The summed E-state index contributed by atoms with van der Waals surface area (Å²) >= 11 is 0. The standard InChI is InChI=1S/C8H6N2OS/c1-4-5(2)10-6(3-9)8-7(4)12(8)11/h1-2H3. The van der Waals surface area contributed by atoms with E-state index in [1.165, 1.54) is 0 Å². The van der Waals surface area contributed by atoms with Crippen molar-refractivity contribution in [2.45, 2.75) is 23.6 Å². The Morgan fingerprint density at radius 3 is 2.67 bits per heavy atom. The lowest BCUT2D eigenvalue weighted by molar-refractivity contribution is 0.692. The van der Waals surface area contributed by atoms with E-state index in [4.69, 9.17) is 5.26 Å². The average Bonchev–Trinajstić information content (AvgIpc) is 2.71. The van der Waals surface area contributed by atoms with E-state index in [0.717, 1.165) is 16.2 Å². The Labute approximate surface area is 72.5 Å². The minimum absolute atomic E-state index is 0.325. The van der Waals surface area contributed by atoms with Gasteiger partial charge < -0.3 is 0 Å². The maximum absolute atomic E-state index is 11.2. The van der Waals surface area contributed by atoms with Crippen molar-refractivity contribution in [2.24, 2.45) is 0 Å². The van der Waals surface area contributed by atoms with Crippen LogP contribution in [0.15, 0.2) is 9.79 Å². The molecule has 60 valence electrons. The van der Waals surface area contributed by atoms with E-state index in [2.05, 4.69) is 4.98 Å². The highest BCUT2D eigenvalue weighted by molar-refractivity contribution is 7.91. The molecule has 0 radical (unpaired) electrons. The highest BCUT2D eigenvalue weighted by atomic mass is 32.2. The van der Waals surface area contributed by atoms with Gasteiger partial charge in [0.2, 0.25) is 0 Å². The predicted molar refractivity (Wildman–Crippen MR) is 43.1 cm³/mol. The van der Waals surface area contributed by atoms with Gasteiger partial charge in [-0.25, -0.2) is 9.19 Å². The van der Waals surface area contributed by atoms with Gasteiger partial charge >= 0.3 is 0 Å². The lowest BCUT2D eigenvalue weighted by atomic mass is 10.2. The van der Waals surface area contributed by atoms with Crippen molar-refractivity contribution in [3.63, 3.8) is 0 Å². The quantitative estimate of drug-likeness (QED) is 0.566. The maximum Gasteiger partial charge on any atom is 0.158 e. The lowest BCUT2D eigenvalue weighted by Gasteiger charge is -1.93. The molecule has 3 nitrogen and oxygen atoms in total. The molecule has 0 aromatic carbocycles. The van der Waals surface area contributed by atoms with Gasteiger partial charge in [-0.2, -0.15) is 5.26 Å². The first-order valence-electron chi connectivity index (χ1n) is 3.50. The van der Waals surface area contributed by atoms with Crippen molar-refractivity contribution >= 4 is 10.8 Å². The Morgan fingerprint density at radius 1 is 1.42 bits per heavy atom. The van der Waals surface area contributed by atoms with E-state index in [-0.39, 0.29) is 0 Å². The van der Waals surface area contributed by atoms with Gasteiger partial charge in [-0.3, -0.25) is 0 Å². The van der Waals surface area contributed by atoms with Crippen LogP contribution in [-0.4, -0.2) is 9.19 Å². The second kappa shape index (κ2) is 2.14. The molecule has 1 unspecified atom stereocenters. The first-order valence-corrected chi connectivity index (χ1v) is 4.65. The number of hydrogen-bond acceptors (Lipinski definition) is 3. The third-order valence-electron chi connectivity index (χ3n) is 2.02. The van der Waals surface area contributed by atoms with Crippen molar-refractivity contribution in [1.29, 1.82) is 5.26 Å². The molecule has 1 atom stereocenters. The van der Waals surface area contributed by atoms with Crippen molar-refractivity contribution in [3.05, 3.63) is 17.0 Å². The molecule has 12 heavy (non-hydrogen) atoms. The Bertz CT molecular complexity index is 445. The van der Waals surface area contributed by atoms with E-state index >= 15 is 0 Å². The van der Waals surface area contributed by atoms with E-state index < -0.39 is 10.8 Å². The zero-order valence-corrected chi connectivity index (χ0v) is 7.53. The largest absolute Gasteiger partial charge is 0.249 e. The smallest absolute Gasteiger partial charge is 0.158 e. The summed E-state index contributed by atoms with van der Waals surface area (Å²) in [6.07, 6.45) is 0. The van der Waals surface area contributed by atoms with Crippen LogP contribution in [0.3, 0.4) is 0 Å². The predicted octanol–water partition coefficient (Wildman–Crippen LogP) is 1.05. The fourth-order valence-electron chi connectivity index (χ4n) is 1.18. The van der Waals surface area contributed by atoms with Gasteiger partial charge in [0.15, 0.2) is 5.69 Å². The number of nitriles is 1. The molecule has 0 N–H and O–H groups in total. The molecule has 1 aromatic heterocycles. The second-order valence-corrected chi connectivity index (χ2v) is 4.06. The molecule has 0 saturated heterocycles. The Hall–Kier alpha value is -1.21. The van der Waals surface area contributed by atoms with Crippen molar-refractivity contribution in [2.75, 3.05) is 0 Å². The number of aryl methyl sites for hydroxylation is 1. The van der Waals surface area contributed by atoms with Gasteiger partial charge in [0.1, 0.15) is 6.07 Å². The summed E-state index contributed by atoms with van der Waals surface area (Å²) in [5, 5.41) is 8.64. The normalized spacial score (nSPS) is 18.2. The zero-order valence-electron chi connectivity index (χ0n) is 6.71. The van der Waals surface area contributed by atoms with Gasteiger partial charge in [0.05, 0.1) is 20.6 Å². The first kappa shape index (κ1) is 7.44. The van der Waals surface area contributed by atoms with Gasteiger partial charge in [-0.05, 0) is 19.4 Å². The number of rotatable bonds is 0. The highest BCUT2D eigenvalue weighted by Gasteiger charge is 2.36. The van der Waals surface area contributed by atoms with Crippen LogP contribution in [0.25, 0.3) is 0 Å². The average molecular weight is 178 g/mol. The third kappa shape index (κ3) is 0.743. The third-order valence-corrected chi connectivity index (χ3v) is 3.46. The SMILES string of the molecule is Cc1nc(C#N)c2c(c1C)S2=O. The number of hydrogen-bond donors (Lipinski definition) is 0. The van der Waals surface area contributed by atoms with Gasteiger partial charge in [-0.1, -0.05) is 0 Å². The zero-order chi connectivity index (χ0) is 8.88. The van der Waals surface area contributed by atoms with Crippen molar-refractivity contribution in [1.82, 2.24) is 4.98 Å². The van der Waals surface area contributed by atoms with E-state index in [1.54, 1.807) is 0 Å². The number of nitrogens with zero attached hydrogens (tertiary/aromatic N) is 2. The molecule has 0 aliphatic carbocycles. The fraction of sp³-hybridized carbons (Fsp3) is 0.250. The van der Waals surface area contributed by atoms with Crippen LogP contribution in [-0.2, 0) is 10.8 Å².